The fourth-order valence-electron chi connectivity index (χ4n) is 2.09. The first kappa shape index (κ1) is 13.2. The van der Waals surface area contributed by atoms with Gasteiger partial charge >= 0.3 is 5.97 Å². The summed E-state index contributed by atoms with van der Waals surface area (Å²) in [5, 5.41) is 18.0. The zero-order valence-electron chi connectivity index (χ0n) is 9.85. The van der Waals surface area contributed by atoms with Crippen molar-refractivity contribution in [3.8, 4) is 0 Å². The molecule has 0 radical (unpaired) electrons. The lowest BCUT2D eigenvalue weighted by Gasteiger charge is -2.30. The van der Waals surface area contributed by atoms with Gasteiger partial charge in [0.05, 0.1) is 0 Å². The van der Waals surface area contributed by atoms with Crippen LogP contribution in [0.4, 0.5) is 0 Å². The molecule has 1 aliphatic heterocycles. The Kier molecular flexibility index (Phi) is 5.49. The first-order valence-corrected chi connectivity index (χ1v) is 5.92. The van der Waals surface area contributed by atoms with Gasteiger partial charge in [-0.2, -0.15) is 0 Å². The third-order valence-corrected chi connectivity index (χ3v) is 3.11. The number of carbonyl (C=O) groups is 1. The Hall–Kier alpha value is -0.870. The van der Waals surface area contributed by atoms with Crippen LogP contribution in [0.5, 0.6) is 0 Å². The van der Waals surface area contributed by atoms with Gasteiger partial charge in [-0.25, -0.2) is 4.79 Å². The molecule has 0 aromatic carbocycles. The molecule has 0 saturated carbocycles. The first-order valence-electron chi connectivity index (χ1n) is 5.92. The summed E-state index contributed by atoms with van der Waals surface area (Å²) in [5.74, 6) is -0.463. The van der Waals surface area contributed by atoms with Crippen LogP contribution >= 0.6 is 0 Å². The number of carboxylic acids is 1. The summed E-state index contributed by atoms with van der Waals surface area (Å²) < 4.78 is 0. The molecule has 1 fully saturated rings. The molecule has 1 atom stereocenters. The van der Waals surface area contributed by atoms with Crippen molar-refractivity contribution >= 4 is 5.97 Å². The van der Waals surface area contributed by atoms with Gasteiger partial charge in [-0.15, -0.1) is 0 Å². The molecule has 0 bridgehead atoms. The number of aliphatic carboxylic acids is 1. The van der Waals surface area contributed by atoms with Gasteiger partial charge in [0.1, 0.15) is 0 Å². The molecular formula is C12H21NO3. The number of hydrogen-bond donors (Lipinski definition) is 2. The van der Waals surface area contributed by atoms with Crippen molar-refractivity contribution < 1.29 is 15.0 Å². The minimum absolute atomic E-state index is 0.236. The molecule has 0 spiro atoms. The summed E-state index contributed by atoms with van der Waals surface area (Å²) in [4.78, 5) is 13.0. The summed E-state index contributed by atoms with van der Waals surface area (Å²) in [6.07, 6.45) is 4.53. The zero-order valence-corrected chi connectivity index (χ0v) is 9.85. The number of nitrogens with zero attached hydrogens (tertiary/aromatic N) is 1. The van der Waals surface area contributed by atoms with Crippen LogP contribution in [-0.4, -0.2) is 47.3 Å². The van der Waals surface area contributed by atoms with E-state index in [9.17, 15) is 4.79 Å². The SMILES string of the molecule is CCC(=CCN1CCCC(CO)C1)C(=O)O. The summed E-state index contributed by atoms with van der Waals surface area (Å²) in [6.45, 7) is 4.66. The molecule has 0 aromatic rings. The second kappa shape index (κ2) is 6.66. The molecule has 1 aliphatic rings. The Morgan fingerprint density at radius 3 is 2.88 bits per heavy atom. The van der Waals surface area contributed by atoms with Crippen LogP contribution in [0, 0.1) is 5.92 Å². The van der Waals surface area contributed by atoms with Crippen molar-refractivity contribution in [2.75, 3.05) is 26.2 Å². The van der Waals surface area contributed by atoms with E-state index in [0.29, 0.717) is 24.5 Å². The highest BCUT2D eigenvalue weighted by molar-refractivity contribution is 5.86. The first-order chi connectivity index (χ1) is 7.67. The van der Waals surface area contributed by atoms with Gasteiger partial charge in [0.25, 0.3) is 0 Å². The summed E-state index contributed by atoms with van der Waals surface area (Å²) in [5.41, 5.74) is 0.478. The maximum atomic E-state index is 10.8. The number of aliphatic hydroxyl groups excluding tert-OH is 1. The largest absolute Gasteiger partial charge is 0.478 e. The molecule has 1 heterocycles. The van der Waals surface area contributed by atoms with E-state index in [-0.39, 0.29) is 6.61 Å². The molecule has 2 N–H and O–H groups in total. The summed E-state index contributed by atoms with van der Waals surface area (Å²) in [7, 11) is 0. The number of piperidine rings is 1. The highest BCUT2D eigenvalue weighted by Crippen LogP contribution is 2.15. The molecule has 0 aromatic heterocycles. The summed E-state index contributed by atoms with van der Waals surface area (Å²) >= 11 is 0. The monoisotopic (exact) mass is 227 g/mol. The van der Waals surface area contributed by atoms with E-state index in [1.54, 1.807) is 6.08 Å². The van der Waals surface area contributed by atoms with Crippen molar-refractivity contribution in [3.05, 3.63) is 11.6 Å². The molecular weight excluding hydrogens is 206 g/mol. The van der Waals surface area contributed by atoms with Gasteiger partial charge in [0, 0.05) is 25.3 Å². The lowest BCUT2D eigenvalue weighted by atomic mass is 9.99. The van der Waals surface area contributed by atoms with Gasteiger partial charge in [-0.3, -0.25) is 4.90 Å². The Labute approximate surface area is 96.6 Å². The lowest BCUT2D eigenvalue weighted by molar-refractivity contribution is -0.132. The highest BCUT2D eigenvalue weighted by Gasteiger charge is 2.18. The topological polar surface area (TPSA) is 60.8 Å². The molecule has 1 saturated heterocycles. The zero-order chi connectivity index (χ0) is 12.0. The third kappa shape index (κ3) is 3.94. The van der Waals surface area contributed by atoms with Crippen LogP contribution in [0.25, 0.3) is 0 Å². The number of aliphatic hydroxyl groups is 1. The third-order valence-electron chi connectivity index (χ3n) is 3.11. The van der Waals surface area contributed by atoms with Gasteiger partial charge in [-0.05, 0) is 31.7 Å². The minimum Gasteiger partial charge on any atom is -0.478 e. The molecule has 4 nitrogen and oxygen atoms in total. The molecule has 0 aliphatic carbocycles. The van der Waals surface area contributed by atoms with Crippen molar-refractivity contribution in [2.45, 2.75) is 26.2 Å². The standard InChI is InChI=1S/C12H21NO3/c1-2-11(12(15)16)5-7-13-6-3-4-10(8-13)9-14/h5,10,14H,2-4,6-9H2,1H3,(H,15,16). The second-order valence-electron chi connectivity index (χ2n) is 4.34. The van der Waals surface area contributed by atoms with Gasteiger partial charge in [-0.1, -0.05) is 13.0 Å². The maximum Gasteiger partial charge on any atom is 0.331 e. The Morgan fingerprint density at radius 2 is 2.31 bits per heavy atom. The second-order valence-corrected chi connectivity index (χ2v) is 4.34. The van der Waals surface area contributed by atoms with Crippen molar-refractivity contribution in [3.63, 3.8) is 0 Å². The van der Waals surface area contributed by atoms with Crippen molar-refractivity contribution in [1.29, 1.82) is 0 Å². The van der Waals surface area contributed by atoms with E-state index < -0.39 is 5.97 Å². The lowest BCUT2D eigenvalue weighted by Crippen LogP contribution is -2.37. The van der Waals surface area contributed by atoms with E-state index in [2.05, 4.69) is 4.90 Å². The average Bonchev–Trinajstić information content (AvgIpc) is 2.29. The van der Waals surface area contributed by atoms with Crippen LogP contribution in [0.15, 0.2) is 11.6 Å². The average molecular weight is 227 g/mol. The molecule has 92 valence electrons. The predicted molar refractivity (Wildman–Crippen MR) is 62.3 cm³/mol. The number of likely N-dealkylation sites (tertiary alicyclic amines) is 1. The van der Waals surface area contributed by atoms with E-state index in [1.807, 2.05) is 6.92 Å². The van der Waals surface area contributed by atoms with Gasteiger partial charge in [0.15, 0.2) is 0 Å². The Bertz CT molecular complexity index is 263. The quantitative estimate of drug-likeness (QED) is 0.691. The minimum atomic E-state index is -0.821. The van der Waals surface area contributed by atoms with Crippen LogP contribution in [0.1, 0.15) is 26.2 Å². The van der Waals surface area contributed by atoms with E-state index in [4.69, 9.17) is 10.2 Å². The smallest absolute Gasteiger partial charge is 0.331 e. The number of carboxylic acid groups (broad SMARTS) is 1. The molecule has 1 rings (SSSR count). The fourth-order valence-corrected chi connectivity index (χ4v) is 2.09. The van der Waals surface area contributed by atoms with Crippen LogP contribution in [0.3, 0.4) is 0 Å². The normalized spacial score (nSPS) is 23.4. The van der Waals surface area contributed by atoms with Crippen LogP contribution < -0.4 is 0 Å². The molecule has 16 heavy (non-hydrogen) atoms. The van der Waals surface area contributed by atoms with E-state index >= 15 is 0 Å². The molecule has 4 heteroatoms. The van der Waals surface area contributed by atoms with Gasteiger partial charge in [0.2, 0.25) is 0 Å². The number of hydrogen-bond acceptors (Lipinski definition) is 3. The van der Waals surface area contributed by atoms with Crippen molar-refractivity contribution in [2.24, 2.45) is 5.92 Å². The van der Waals surface area contributed by atoms with Gasteiger partial charge < -0.3 is 10.2 Å². The molecule has 0 amide bonds. The predicted octanol–water partition coefficient (Wildman–Crippen LogP) is 1.11. The fraction of sp³-hybridized carbons (Fsp3) is 0.750. The van der Waals surface area contributed by atoms with Crippen LogP contribution in [0.2, 0.25) is 0 Å². The van der Waals surface area contributed by atoms with E-state index in [1.165, 1.54) is 0 Å². The van der Waals surface area contributed by atoms with Crippen LogP contribution in [-0.2, 0) is 4.79 Å². The molecule has 1 unspecified atom stereocenters. The Balaban J connectivity index is 2.44. The van der Waals surface area contributed by atoms with Crippen molar-refractivity contribution in [1.82, 2.24) is 4.90 Å². The highest BCUT2D eigenvalue weighted by atomic mass is 16.4. The Morgan fingerprint density at radius 1 is 1.56 bits per heavy atom. The number of rotatable bonds is 5. The maximum absolute atomic E-state index is 10.8. The van der Waals surface area contributed by atoms with E-state index in [0.717, 1.165) is 25.9 Å². The summed E-state index contributed by atoms with van der Waals surface area (Å²) in [6, 6.07) is 0.